The predicted molar refractivity (Wildman–Crippen MR) is 128 cm³/mol. The van der Waals surface area contributed by atoms with Crippen molar-refractivity contribution in [3.05, 3.63) is 25.3 Å². The fourth-order valence-electron chi connectivity index (χ4n) is 3.23. The molecule has 0 aliphatic carbocycles. The molecule has 30 heavy (non-hydrogen) atoms. The minimum Gasteiger partial charge on any atom is -0.726 e. The highest BCUT2D eigenvalue weighted by molar-refractivity contribution is 7.80. The minimum absolute atomic E-state index is 0.0316. The molecule has 0 bridgehead atoms. The molecule has 0 N–H and O–H groups in total. The van der Waals surface area contributed by atoms with Gasteiger partial charge in [0.2, 0.25) is 10.4 Å². The van der Waals surface area contributed by atoms with Gasteiger partial charge in [0.25, 0.3) is 0 Å². The first-order valence-electron chi connectivity index (χ1n) is 11.8. The molecule has 0 spiro atoms. The summed E-state index contributed by atoms with van der Waals surface area (Å²) >= 11 is 0. The van der Waals surface area contributed by atoms with Crippen LogP contribution >= 0.6 is 0 Å². The van der Waals surface area contributed by atoms with Crippen LogP contribution in [0.25, 0.3) is 0 Å². The zero-order valence-corrected chi connectivity index (χ0v) is 20.9. The normalized spacial score (nSPS) is 11.6. The Bertz CT molecular complexity index is 477. The molecule has 0 atom stereocenters. The van der Waals surface area contributed by atoms with Crippen LogP contribution < -0.4 is 0 Å². The molecule has 0 aromatic heterocycles. The molecule has 0 aliphatic rings. The molecule has 0 saturated heterocycles. The summed E-state index contributed by atoms with van der Waals surface area (Å²) in [6.07, 6.45) is 21.3. The van der Waals surface area contributed by atoms with E-state index >= 15 is 0 Å². The van der Waals surface area contributed by atoms with Gasteiger partial charge in [-0.15, -0.1) is 0 Å². The van der Waals surface area contributed by atoms with Crippen LogP contribution in [0.1, 0.15) is 96.8 Å². The second-order valence-corrected chi connectivity index (χ2v) is 9.76. The number of quaternary nitrogens is 1. The topological polar surface area (TPSA) is 66.4 Å². The molecule has 0 aromatic rings. The highest BCUT2D eigenvalue weighted by Crippen LogP contribution is 2.13. The van der Waals surface area contributed by atoms with E-state index in [1.165, 1.54) is 70.6 Å². The van der Waals surface area contributed by atoms with Gasteiger partial charge in [-0.25, -0.2) is 8.42 Å². The highest BCUT2D eigenvalue weighted by Gasteiger charge is 2.07. The van der Waals surface area contributed by atoms with Crippen LogP contribution in [0.5, 0.6) is 0 Å². The fourth-order valence-corrected chi connectivity index (χ4v) is 3.55. The summed E-state index contributed by atoms with van der Waals surface area (Å²) in [5, 5.41) is 0. The molecule has 6 heteroatoms. The zero-order chi connectivity index (χ0) is 23.1. The van der Waals surface area contributed by atoms with Gasteiger partial charge in [0, 0.05) is 0 Å². The summed E-state index contributed by atoms with van der Waals surface area (Å²) in [7, 11) is -0.180. The Balaban J connectivity index is 0. The van der Waals surface area contributed by atoms with Crippen molar-refractivity contribution < 1.29 is 21.6 Å². The smallest absolute Gasteiger partial charge is 0.217 e. The van der Waals surface area contributed by atoms with Gasteiger partial charge in [0.15, 0.2) is 0 Å². The first kappa shape index (κ1) is 31.5. The average molecular weight is 448 g/mol. The van der Waals surface area contributed by atoms with E-state index in [4.69, 9.17) is 0 Å². The van der Waals surface area contributed by atoms with Crippen LogP contribution in [0.4, 0.5) is 0 Å². The van der Waals surface area contributed by atoms with Gasteiger partial charge in [0.1, 0.15) is 0 Å². The Kier molecular flexibility index (Phi) is 22.6. The summed E-state index contributed by atoms with van der Waals surface area (Å²) < 4.78 is 35.7. The van der Waals surface area contributed by atoms with Gasteiger partial charge < -0.3 is 9.04 Å². The van der Waals surface area contributed by atoms with E-state index < -0.39 is 10.4 Å². The van der Waals surface area contributed by atoms with Gasteiger partial charge in [-0.1, -0.05) is 104 Å². The first-order valence-corrected chi connectivity index (χ1v) is 13.2. The minimum atomic E-state index is -4.49. The molecular weight excluding hydrogens is 398 g/mol. The molecule has 5 nitrogen and oxygen atoms in total. The van der Waals surface area contributed by atoms with Crippen LogP contribution in [-0.4, -0.2) is 51.2 Å². The Morgan fingerprint density at radius 2 is 1.07 bits per heavy atom. The van der Waals surface area contributed by atoms with Gasteiger partial charge >= 0.3 is 0 Å². The summed E-state index contributed by atoms with van der Waals surface area (Å²) in [6, 6.07) is 0. The molecule has 0 rings (SSSR count). The molecule has 0 heterocycles. The zero-order valence-electron chi connectivity index (χ0n) is 20.1. The molecule has 0 aliphatic heterocycles. The predicted octanol–water partition coefficient (Wildman–Crippen LogP) is 6.38. The van der Waals surface area contributed by atoms with E-state index in [2.05, 4.69) is 38.4 Å². The number of hydrogen-bond donors (Lipinski definition) is 0. The average Bonchev–Trinajstić information content (AvgIpc) is 2.64. The van der Waals surface area contributed by atoms with E-state index in [-0.39, 0.29) is 6.61 Å². The van der Waals surface area contributed by atoms with Crippen molar-refractivity contribution in [2.45, 2.75) is 96.8 Å². The Labute approximate surface area is 188 Å². The van der Waals surface area contributed by atoms with Crippen LogP contribution in [0.2, 0.25) is 0 Å². The first-order chi connectivity index (χ1) is 14.2. The highest BCUT2D eigenvalue weighted by atomic mass is 32.3. The summed E-state index contributed by atoms with van der Waals surface area (Å²) in [6.45, 7) is 11.6. The number of nitrogens with zero attached hydrogens (tertiary/aromatic N) is 1. The monoisotopic (exact) mass is 447 g/mol. The number of unbranched alkanes of at least 4 members (excludes halogenated alkanes) is 13. The molecule has 180 valence electrons. The molecule has 0 amide bonds. The lowest BCUT2D eigenvalue weighted by Gasteiger charge is -2.26. The van der Waals surface area contributed by atoms with Crippen LogP contribution in [0.15, 0.2) is 25.3 Å². The van der Waals surface area contributed by atoms with Gasteiger partial charge in [-0.2, -0.15) is 0 Å². The summed E-state index contributed by atoms with van der Waals surface area (Å²) in [4.78, 5) is 0. The molecule has 0 fully saturated rings. The summed E-state index contributed by atoms with van der Waals surface area (Å²) in [5.74, 6) is 0. The van der Waals surface area contributed by atoms with E-state index in [1.807, 2.05) is 12.2 Å². The molecule has 0 unspecified atom stereocenters. The molecule has 0 aromatic carbocycles. The molecule has 0 radical (unpaired) electrons. The second kappa shape index (κ2) is 21.5. The van der Waals surface area contributed by atoms with Crippen molar-refractivity contribution in [3.8, 4) is 0 Å². The largest absolute Gasteiger partial charge is 0.726 e. The van der Waals surface area contributed by atoms with Crippen molar-refractivity contribution in [3.63, 3.8) is 0 Å². The lowest BCUT2D eigenvalue weighted by molar-refractivity contribution is -0.878. The van der Waals surface area contributed by atoms with Gasteiger partial charge in [-0.05, 0) is 18.6 Å². The maximum atomic E-state index is 10.2. The van der Waals surface area contributed by atoms with Crippen molar-refractivity contribution >= 4 is 10.4 Å². The van der Waals surface area contributed by atoms with Gasteiger partial charge in [-0.3, -0.25) is 4.18 Å². The van der Waals surface area contributed by atoms with E-state index in [0.717, 1.165) is 30.4 Å². The molecule has 0 saturated carbocycles. The van der Waals surface area contributed by atoms with Crippen LogP contribution in [0.3, 0.4) is 0 Å². The summed E-state index contributed by atoms with van der Waals surface area (Å²) in [5.41, 5.74) is 0. The number of rotatable bonds is 20. The SMILES string of the molecule is C=CC[N+](C)(C)CC=C.CCCCCCCCCCCCCCCCOS(=O)(=O)[O-]. The van der Waals surface area contributed by atoms with E-state index in [0.29, 0.717) is 6.42 Å². The third kappa shape index (κ3) is 29.5. The van der Waals surface area contributed by atoms with Crippen molar-refractivity contribution in [1.29, 1.82) is 0 Å². The second-order valence-electron chi connectivity index (χ2n) is 8.70. The molecular formula is C24H49NO4S. The van der Waals surface area contributed by atoms with Gasteiger partial charge in [0.05, 0.1) is 33.8 Å². The van der Waals surface area contributed by atoms with Crippen molar-refractivity contribution in [2.24, 2.45) is 0 Å². The lowest BCUT2D eigenvalue weighted by atomic mass is 10.0. The van der Waals surface area contributed by atoms with Crippen molar-refractivity contribution in [1.82, 2.24) is 0 Å². The maximum absolute atomic E-state index is 10.2. The fraction of sp³-hybridized carbons (Fsp3) is 0.833. The van der Waals surface area contributed by atoms with Crippen molar-refractivity contribution in [2.75, 3.05) is 33.8 Å². The van der Waals surface area contributed by atoms with E-state index in [1.54, 1.807) is 0 Å². The third-order valence-corrected chi connectivity index (χ3v) is 5.43. The van der Waals surface area contributed by atoms with Crippen LogP contribution in [-0.2, 0) is 14.6 Å². The van der Waals surface area contributed by atoms with Crippen LogP contribution in [0, 0.1) is 0 Å². The van der Waals surface area contributed by atoms with E-state index in [9.17, 15) is 13.0 Å². The Morgan fingerprint density at radius 1 is 0.733 bits per heavy atom. The maximum Gasteiger partial charge on any atom is 0.217 e. The Hall–Kier alpha value is -0.690. The lowest BCUT2D eigenvalue weighted by Crippen LogP contribution is -2.39. The Morgan fingerprint density at radius 3 is 1.37 bits per heavy atom. The number of likely N-dealkylation sites (N-methyl/N-ethyl adjacent to an activating group) is 1. The quantitative estimate of drug-likeness (QED) is 0.0714. The standard InChI is InChI=1S/C16H34O4S.C8H16N/c1-2-3-4-5-6-7-8-9-10-11-12-13-14-15-16-20-21(17,18)19;1-5-7-9(3,4)8-6-2/h2-16H2,1H3,(H,17,18,19);5-6H,1-2,7-8H2,3-4H3/q;+1/p-1. The number of hydrogen-bond acceptors (Lipinski definition) is 4. The third-order valence-electron chi connectivity index (χ3n) is 4.97.